The molecule has 0 bridgehead atoms. The number of nitrogens with zero attached hydrogens (tertiary/aromatic N) is 2. The highest BCUT2D eigenvalue weighted by atomic mass is 35.5. The summed E-state index contributed by atoms with van der Waals surface area (Å²) in [6.07, 6.45) is 8.09. The molecule has 1 heterocycles. The second-order valence-electron chi connectivity index (χ2n) is 5.46. The van der Waals surface area contributed by atoms with Gasteiger partial charge in [-0.3, -0.25) is 0 Å². The highest BCUT2D eigenvalue weighted by molar-refractivity contribution is 6.20. The Kier molecular flexibility index (Phi) is 6.66. The van der Waals surface area contributed by atoms with Crippen molar-refractivity contribution in [3.8, 4) is 17.1 Å². The molecule has 0 fully saturated rings. The van der Waals surface area contributed by atoms with Gasteiger partial charge < -0.3 is 4.74 Å². The van der Waals surface area contributed by atoms with Gasteiger partial charge in [0, 0.05) is 23.3 Å². The second-order valence-corrected chi connectivity index (χ2v) is 6.21. The van der Waals surface area contributed by atoms with Crippen molar-refractivity contribution in [2.45, 2.75) is 44.9 Å². The summed E-state index contributed by atoms with van der Waals surface area (Å²) in [7, 11) is 0. The molecule has 3 nitrogen and oxygen atoms in total. The van der Waals surface area contributed by atoms with Crippen LogP contribution in [0.25, 0.3) is 11.4 Å². The number of halogens is 1. The van der Waals surface area contributed by atoms with E-state index in [1.54, 1.807) is 0 Å². The maximum absolute atomic E-state index is 5.90. The fourth-order valence-corrected chi connectivity index (χ4v) is 2.14. The van der Waals surface area contributed by atoms with E-state index in [2.05, 4.69) is 16.9 Å². The molecule has 0 saturated heterocycles. The molecule has 118 valence electrons. The Bertz CT molecular complexity index is 552. The van der Waals surface area contributed by atoms with Crippen LogP contribution in [-0.2, 0) is 6.42 Å². The quantitative estimate of drug-likeness (QED) is 0.650. The monoisotopic (exact) mass is 318 g/mol. The topological polar surface area (TPSA) is 35.0 Å². The molecule has 2 rings (SSSR count). The Hall–Kier alpha value is -1.61. The van der Waals surface area contributed by atoms with Gasteiger partial charge in [-0.1, -0.05) is 13.3 Å². The zero-order chi connectivity index (χ0) is 15.8. The van der Waals surface area contributed by atoms with Crippen molar-refractivity contribution >= 4 is 11.6 Å². The van der Waals surface area contributed by atoms with Gasteiger partial charge in [0.1, 0.15) is 5.75 Å². The minimum atomic E-state index is 0.138. The van der Waals surface area contributed by atoms with Gasteiger partial charge in [-0.15, -0.1) is 11.6 Å². The van der Waals surface area contributed by atoms with Crippen LogP contribution in [-0.4, -0.2) is 22.0 Å². The molecule has 4 heteroatoms. The normalized spacial score (nSPS) is 12.1. The first kappa shape index (κ1) is 16.8. The Morgan fingerprint density at radius 3 is 2.41 bits per heavy atom. The smallest absolute Gasteiger partial charge is 0.159 e. The lowest BCUT2D eigenvalue weighted by atomic mass is 10.1. The molecule has 1 aromatic heterocycles. The minimum Gasteiger partial charge on any atom is -0.494 e. The first-order valence-corrected chi connectivity index (χ1v) is 8.31. The van der Waals surface area contributed by atoms with Crippen LogP contribution in [0.4, 0.5) is 0 Å². The zero-order valence-electron chi connectivity index (χ0n) is 13.3. The van der Waals surface area contributed by atoms with Gasteiger partial charge in [0.25, 0.3) is 0 Å². The Morgan fingerprint density at radius 2 is 1.82 bits per heavy atom. The number of alkyl halides is 1. The lowest BCUT2D eigenvalue weighted by molar-refractivity contribution is 0.310. The van der Waals surface area contributed by atoms with Crippen molar-refractivity contribution in [2.24, 2.45) is 0 Å². The largest absolute Gasteiger partial charge is 0.494 e. The number of ether oxygens (including phenoxy) is 1. The molecule has 22 heavy (non-hydrogen) atoms. The highest BCUT2D eigenvalue weighted by Gasteiger charge is 2.03. The average Bonchev–Trinajstić information content (AvgIpc) is 2.54. The first-order chi connectivity index (χ1) is 10.7. The summed E-state index contributed by atoms with van der Waals surface area (Å²) < 4.78 is 5.65. The van der Waals surface area contributed by atoms with E-state index >= 15 is 0 Å². The van der Waals surface area contributed by atoms with E-state index in [1.165, 1.54) is 18.4 Å². The van der Waals surface area contributed by atoms with Crippen LogP contribution in [0.3, 0.4) is 0 Å². The fraction of sp³-hybridized carbons (Fsp3) is 0.444. The molecular weight excluding hydrogens is 296 g/mol. The van der Waals surface area contributed by atoms with Gasteiger partial charge >= 0.3 is 0 Å². The molecule has 1 atom stereocenters. The maximum Gasteiger partial charge on any atom is 0.159 e. The summed E-state index contributed by atoms with van der Waals surface area (Å²) in [6.45, 7) is 4.79. The highest BCUT2D eigenvalue weighted by Crippen LogP contribution is 2.19. The molecule has 0 radical (unpaired) electrons. The molecule has 0 aliphatic carbocycles. The van der Waals surface area contributed by atoms with Crippen LogP contribution in [0.2, 0.25) is 0 Å². The number of hydrogen-bond acceptors (Lipinski definition) is 3. The predicted octanol–water partition coefficient (Wildman–Crippen LogP) is 4.88. The molecule has 2 aromatic rings. The summed E-state index contributed by atoms with van der Waals surface area (Å²) >= 11 is 5.90. The van der Waals surface area contributed by atoms with Crippen LogP contribution in [0.15, 0.2) is 36.7 Å². The summed E-state index contributed by atoms with van der Waals surface area (Å²) in [4.78, 5) is 8.89. The summed E-state index contributed by atoms with van der Waals surface area (Å²) in [5, 5.41) is 0.138. The van der Waals surface area contributed by atoms with Crippen LogP contribution in [0.5, 0.6) is 5.75 Å². The van der Waals surface area contributed by atoms with Gasteiger partial charge in [0.05, 0.1) is 6.61 Å². The molecule has 1 unspecified atom stereocenters. The Morgan fingerprint density at radius 1 is 1.14 bits per heavy atom. The molecule has 0 saturated carbocycles. The maximum atomic E-state index is 5.90. The van der Waals surface area contributed by atoms with Crippen LogP contribution in [0.1, 0.15) is 38.7 Å². The zero-order valence-corrected chi connectivity index (χ0v) is 14.0. The third-order valence-corrected chi connectivity index (χ3v) is 3.64. The predicted molar refractivity (Wildman–Crippen MR) is 91.5 cm³/mol. The van der Waals surface area contributed by atoms with E-state index in [4.69, 9.17) is 16.3 Å². The van der Waals surface area contributed by atoms with Crippen LogP contribution < -0.4 is 4.74 Å². The fourth-order valence-electron chi connectivity index (χ4n) is 2.05. The summed E-state index contributed by atoms with van der Waals surface area (Å²) in [5.74, 6) is 1.60. The molecule has 1 aromatic carbocycles. The number of benzene rings is 1. The van der Waals surface area contributed by atoms with Crippen molar-refractivity contribution < 1.29 is 4.74 Å². The number of aryl methyl sites for hydroxylation is 1. The standard InChI is InChI=1S/C18H23ClN2O/c1-3-4-5-15-12-20-18(21-13-15)16-6-8-17(9-7-16)22-11-10-14(2)19/h6-9,12-14H,3-5,10-11H2,1-2H3. The van der Waals surface area contributed by atoms with Gasteiger partial charge in [0.15, 0.2) is 5.82 Å². The first-order valence-electron chi connectivity index (χ1n) is 7.87. The van der Waals surface area contributed by atoms with Crippen molar-refractivity contribution in [3.05, 3.63) is 42.2 Å². The average molecular weight is 319 g/mol. The number of aromatic nitrogens is 2. The summed E-state index contributed by atoms with van der Waals surface area (Å²) in [6, 6.07) is 7.87. The van der Waals surface area contributed by atoms with E-state index < -0.39 is 0 Å². The lowest BCUT2D eigenvalue weighted by Gasteiger charge is -2.08. The van der Waals surface area contributed by atoms with E-state index in [1.807, 2.05) is 43.6 Å². The molecule has 0 aliphatic heterocycles. The van der Waals surface area contributed by atoms with Crippen molar-refractivity contribution in [2.75, 3.05) is 6.61 Å². The SMILES string of the molecule is CCCCc1cnc(-c2ccc(OCCC(C)Cl)cc2)nc1. The number of rotatable bonds is 8. The minimum absolute atomic E-state index is 0.138. The van der Waals surface area contributed by atoms with Gasteiger partial charge in [-0.05, 0) is 56.0 Å². The van der Waals surface area contributed by atoms with Crippen LogP contribution in [0, 0.1) is 0 Å². The van der Waals surface area contributed by atoms with Crippen molar-refractivity contribution in [3.63, 3.8) is 0 Å². The molecule has 0 amide bonds. The second kappa shape index (κ2) is 8.74. The third-order valence-electron chi connectivity index (χ3n) is 3.42. The number of hydrogen-bond donors (Lipinski definition) is 0. The van der Waals surface area contributed by atoms with Gasteiger partial charge in [-0.2, -0.15) is 0 Å². The number of unbranched alkanes of at least 4 members (excludes halogenated alkanes) is 1. The molecule has 0 spiro atoms. The third kappa shape index (κ3) is 5.30. The van der Waals surface area contributed by atoms with E-state index in [0.29, 0.717) is 6.61 Å². The molecular formula is C18H23ClN2O. The van der Waals surface area contributed by atoms with Gasteiger partial charge in [0.2, 0.25) is 0 Å². The Balaban J connectivity index is 1.94. The van der Waals surface area contributed by atoms with E-state index in [0.717, 1.165) is 30.0 Å². The molecule has 0 N–H and O–H groups in total. The summed E-state index contributed by atoms with van der Waals surface area (Å²) in [5.41, 5.74) is 2.20. The van der Waals surface area contributed by atoms with Crippen LogP contribution >= 0.6 is 11.6 Å². The van der Waals surface area contributed by atoms with E-state index in [-0.39, 0.29) is 5.38 Å². The van der Waals surface area contributed by atoms with Gasteiger partial charge in [-0.25, -0.2) is 9.97 Å². The Labute approximate surface area is 137 Å². The van der Waals surface area contributed by atoms with Crippen molar-refractivity contribution in [1.29, 1.82) is 0 Å². The lowest BCUT2D eigenvalue weighted by Crippen LogP contribution is -2.03. The van der Waals surface area contributed by atoms with Crippen molar-refractivity contribution in [1.82, 2.24) is 9.97 Å². The van der Waals surface area contributed by atoms with E-state index in [9.17, 15) is 0 Å². The molecule has 0 aliphatic rings.